The van der Waals surface area contributed by atoms with Crippen LogP contribution in [0.3, 0.4) is 0 Å². The molecule has 3 amide bonds. The zero-order valence-corrected chi connectivity index (χ0v) is 21.5. The Morgan fingerprint density at radius 3 is 2.34 bits per heavy atom. The molecule has 10 nitrogen and oxygen atoms in total. The number of fused-ring (bicyclic) bond motifs is 1. The summed E-state index contributed by atoms with van der Waals surface area (Å²) in [6.45, 7) is 0.133. The van der Waals surface area contributed by atoms with Crippen molar-refractivity contribution in [3.05, 3.63) is 72.3 Å². The lowest BCUT2D eigenvalue weighted by molar-refractivity contribution is -0.137. The summed E-state index contributed by atoms with van der Waals surface area (Å²) in [5, 5.41) is 13.1. The number of carbonyl (C=O) groups excluding carboxylic acids is 3. The van der Waals surface area contributed by atoms with Crippen LogP contribution in [0.1, 0.15) is 18.4 Å². The lowest BCUT2D eigenvalue weighted by Gasteiger charge is -2.31. The van der Waals surface area contributed by atoms with Crippen LogP contribution in [0.2, 0.25) is 0 Å². The van der Waals surface area contributed by atoms with Gasteiger partial charge in [0.25, 0.3) is 0 Å². The molecule has 5 N–H and O–H groups in total. The number of phenols is 1. The molecule has 1 saturated heterocycles. The van der Waals surface area contributed by atoms with Crippen molar-refractivity contribution in [1.29, 1.82) is 0 Å². The predicted octanol–water partition coefficient (Wildman–Crippen LogP) is 1.28. The summed E-state index contributed by atoms with van der Waals surface area (Å²) in [6, 6.07) is 17.4. The molecular weight excluding hydrogens is 508 g/mol. The maximum absolute atomic E-state index is 12.9. The van der Waals surface area contributed by atoms with Gasteiger partial charge in [-0.15, -0.1) is 0 Å². The third-order valence-electron chi connectivity index (χ3n) is 6.65. The topological polar surface area (TPSA) is 159 Å². The van der Waals surface area contributed by atoms with E-state index >= 15 is 0 Å². The van der Waals surface area contributed by atoms with E-state index in [1.165, 1.54) is 23.1 Å². The van der Waals surface area contributed by atoms with Gasteiger partial charge in [0.2, 0.25) is 27.7 Å². The van der Waals surface area contributed by atoms with E-state index in [0.717, 1.165) is 10.9 Å². The van der Waals surface area contributed by atoms with Gasteiger partial charge in [0.15, 0.2) is 0 Å². The standard InChI is InChI=1S/C27H30N4O6S/c28-23(16-18-8-10-21(32)11-9-18)27(35)30-26(34)20-12-14-31(15-13-20)25(33)17-29-38(36,37)24-7-3-5-19-4-1-2-6-22(19)24/h1-11,20,23,29,32H,12-17,28H2,(H,30,34,35)/t23-/m0/s1. The number of rotatable bonds is 8. The first kappa shape index (κ1) is 27.2. The fraction of sp³-hybridized carbons (Fsp3) is 0.296. The summed E-state index contributed by atoms with van der Waals surface area (Å²) >= 11 is 0. The van der Waals surface area contributed by atoms with Crippen molar-refractivity contribution >= 4 is 38.5 Å². The number of hydrogen-bond donors (Lipinski definition) is 4. The molecule has 0 radical (unpaired) electrons. The zero-order valence-electron chi connectivity index (χ0n) is 20.7. The number of hydrogen-bond acceptors (Lipinski definition) is 7. The van der Waals surface area contributed by atoms with Crippen molar-refractivity contribution in [3.63, 3.8) is 0 Å². The summed E-state index contributed by atoms with van der Waals surface area (Å²) < 4.78 is 28.1. The van der Waals surface area contributed by atoms with E-state index < -0.39 is 40.3 Å². The Balaban J connectivity index is 1.25. The second-order valence-electron chi connectivity index (χ2n) is 9.29. The quantitative estimate of drug-likeness (QED) is 0.336. The molecule has 11 heteroatoms. The summed E-state index contributed by atoms with van der Waals surface area (Å²) in [5.41, 5.74) is 6.68. The average molecular weight is 539 g/mol. The lowest BCUT2D eigenvalue weighted by Crippen LogP contribution is -2.50. The minimum absolute atomic E-state index is 0.104. The molecule has 0 saturated carbocycles. The summed E-state index contributed by atoms with van der Waals surface area (Å²) in [5.74, 6) is -1.78. The number of sulfonamides is 1. The number of amides is 3. The van der Waals surface area contributed by atoms with Gasteiger partial charge in [0, 0.05) is 24.4 Å². The van der Waals surface area contributed by atoms with Gasteiger partial charge < -0.3 is 15.7 Å². The number of aromatic hydroxyl groups is 1. The van der Waals surface area contributed by atoms with Gasteiger partial charge in [-0.2, -0.15) is 0 Å². The Labute approximate surface area is 220 Å². The second kappa shape index (κ2) is 11.7. The molecule has 1 aliphatic heterocycles. The first-order valence-electron chi connectivity index (χ1n) is 12.3. The number of imide groups is 1. The Morgan fingerprint density at radius 2 is 1.63 bits per heavy atom. The first-order valence-corrected chi connectivity index (χ1v) is 13.8. The third kappa shape index (κ3) is 6.55. The van der Waals surface area contributed by atoms with Crippen LogP contribution in [0.25, 0.3) is 10.8 Å². The van der Waals surface area contributed by atoms with Crippen molar-refractivity contribution in [2.24, 2.45) is 11.7 Å². The number of nitrogens with two attached hydrogens (primary N) is 1. The van der Waals surface area contributed by atoms with Gasteiger partial charge >= 0.3 is 0 Å². The van der Waals surface area contributed by atoms with Gasteiger partial charge in [0.1, 0.15) is 5.75 Å². The minimum Gasteiger partial charge on any atom is -0.508 e. The van der Waals surface area contributed by atoms with E-state index in [1.54, 1.807) is 30.3 Å². The van der Waals surface area contributed by atoms with Gasteiger partial charge in [-0.1, -0.05) is 48.5 Å². The SMILES string of the molecule is N[C@@H](Cc1ccc(O)cc1)C(=O)NC(=O)C1CCN(C(=O)CNS(=O)(=O)c2cccc3ccccc23)CC1. The molecule has 1 aliphatic rings. The molecule has 0 spiro atoms. The van der Waals surface area contributed by atoms with Crippen LogP contribution >= 0.6 is 0 Å². The van der Waals surface area contributed by atoms with Crippen LogP contribution in [0.5, 0.6) is 5.75 Å². The lowest BCUT2D eigenvalue weighted by atomic mass is 9.95. The van der Waals surface area contributed by atoms with Crippen LogP contribution in [0.4, 0.5) is 0 Å². The van der Waals surface area contributed by atoms with Gasteiger partial charge in [-0.3, -0.25) is 19.7 Å². The number of piperidine rings is 1. The largest absolute Gasteiger partial charge is 0.508 e. The fourth-order valence-electron chi connectivity index (χ4n) is 4.46. The number of nitrogens with zero attached hydrogens (tertiary/aromatic N) is 1. The van der Waals surface area contributed by atoms with Gasteiger partial charge in [0.05, 0.1) is 17.5 Å². The third-order valence-corrected chi connectivity index (χ3v) is 8.11. The Bertz CT molecular complexity index is 1430. The van der Waals surface area contributed by atoms with Crippen LogP contribution in [-0.4, -0.2) is 61.8 Å². The van der Waals surface area contributed by atoms with Crippen LogP contribution < -0.4 is 15.8 Å². The van der Waals surface area contributed by atoms with Crippen LogP contribution in [0, 0.1) is 5.92 Å². The monoisotopic (exact) mass is 538 g/mol. The molecule has 3 aromatic carbocycles. The van der Waals surface area contributed by atoms with E-state index in [0.29, 0.717) is 18.2 Å². The van der Waals surface area contributed by atoms with Crippen LogP contribution in [-0.2, 0) is 30.8 Å². The number of benzene rings is 3. The molecule has 200 valence electrons. The van der Waals surface area contributed by atoms with E-state index in [1.807, 2.05) is 18.2 Å². The summed E-state index contributed by atoms with van der Waals surface area (Å²) in [7, 11) is -3.91. The highest BCUT2D eigenvalue weighted by Gasteiger charge is 2.30. The minimum atomic E-state index is -3.91. The van der Waals surface area contributed by atoms with Crippen molar-refractivity contribution in [3.8, 4) is 5.75 Å². The van der Waals surface area contributed by atoms with E-state index in [2.05, 4.69) is 10.0 Å². The fourth-order valence-corrected chi connectivity index (χ4v) is 5.66. The predicted molar refractivity (Wildman–Crippen MR) is 141 cm³/mol. The maximum atomic E-state index is 12.9. The Morgan fingerprint density at radius 1 is 0.974 bits per heavy atom. The molecule has 0 unspecified atom stereocenters. The molecule has 4 rings (SSSR count). The van der Waals surface area contributed by atoms with E-state index in [4.69, 9.17) is 5.73 Å². The highest BCUT2D eigenvalue weighted by Crippen LogP contribution is 2.23. The zero-order chi connectivity index (χ0) is 27.3. The molecule has 1 fully saturated rings. The number of likely N-dealkylation sites (tertiary alicyclic amines) is 1. The Hall–Kier alpha value is -3.80. The smallest absolute Gasteiger partial charge is 0.243 e. The highest BCUT2D eigenvalue weighted by atomic mass is 32.2. The van der Waals surface area contributed by atoms with Crippen molar-refractivity contribution < 1.29 is 27.9 Å². The Kier molecular flexibility index (Phi) is 8.40. The summed E-state index contributed by atoms with van der Waals surface area (Å²) in [6.07, 6.45) is 0.892. The second-order valence-corrected chi connectivity index (χ2v) is 11.0. The van der Waals surface area contributed by atoms with Crippen molar-refractivity contribution in [1.82, 2.24) is 14.9 Å². The molecule has 3 aromatic rings. The molecule has 0 aliphatic carbocycles. The van der Waals surface area contributed by atoms with Crippen molar-refractivity contribution in [2.75, 3.05) is 19.6 Å². The van der Waals surface area contributed by atoms with Crippen molar-refractivity contribution in [2.45, 2.75) is 30.2 Å². The normalized spacial score (nSPS) is 15.2. The first-order chi connectivity index (χ1) is 18.1. The average Bonchev–Trinajstić information content (AvgIpc) is 2.92. The maximum Gasteiger partial charge on any atom is 0.243 e. The molecular formula is C27H30N4O6S. The molecule has 1 heterocycles. The highest BCUT2D eigenvalue weighted by molar-refractivity contribution is 7.89. The molecule has 0 aromatic heterocycles. The number of carbonyl (C=O) groups is 3. The van der Waals surface area contributed by atoms with Gasteiger partial charge in [-0.05, 0) is 48.4 Å². The number of phenolic OH excluding ortho intramolecular Hbond substituents is 1. The molecule has 38 heavy (non-hydrogen) atoms. The molecule has 1 atom stereocenters. The van der Waals surface area contributed by atoms with Gasteiger partial charge in [-0.25, -0.2) is 13.1 Å². The summed E-state index contributed by atoms with van der Waals surface area (Å²) in [4.78, 5) is 39.3. The van der Waals surface area contributed by atoms with E-state index in [9.17, 15) is 27.9 Å². The van der Waals surface area contributed by atoms with Crippen LogP contribution in [0.15, 0.2) is 71.6 Å². The number of nitrogens with one attached hydrogen (secondary N) is 2. The molecule has 0 bridgehead atoms. The van der Waals surface area contributed by atoms with E-state index in [-0.39, 0.29) is 36.1 Å².